The summed E-state index contributed by atoms with van der Waals surface area (Å²) >= 11 is 0. The van der Waals surface area contributed by atoms with E-state index in [2.05, 4.69) is 78.9 Å². The van der Waals surface area contributed by atoms with Crippen molar-refractivity contribution < 1.29 is 4.57 Å². The number of rotatable bonds is 4. The second-order valence-corrected chi connectivity index (χ2v) is 13.2. The molecule has 0 radical (unpaired) electrons. The summed E-state index contributed by atoms with van der Waals surface area (Å²) in [6.45, 7) is 0. The molecule has 4 aromatic carbocycles. The number of benzene rings is 4. The van der Waals surface area contributed by atoms with E-state index in [1.165, 1.54) is 63.7 Å². The summed E-state index contributed by atoms with van der Waals surface area (Å²) < 4.78 is 15.4. The van der Waals surface area contributed by atoms with Crippen LogP contribution < -0.4 is 5.30 Å². The van der Waals surface area contributed by atoms with Crippen LogP contribution in [0.5, 0.6) is 0 Å². The number of hydrogen-bond donors (Lipinski definition) is 0. The molecule has 0 saturated heterocycles. The van der Waals surface area contributed by atoms with E-state index in [-0.39, 0.29) is 0 Å². The molecule has 2 aliphatic carbocycles. The van der Waals surface area contributed by atoms with Crippen molar-refractivity contribution in [2.24, 2.45) is 0 Å². The SMILES string of the molecule is O=P(c1ccc2ccccc2c1-c1cccc2ccccc12)(C1CCCC1)C1CCCC1. The Bertz CT molecular complexity index is 1300. The van der Waals surface area contributed by atoms with Crippen molar-refractivity contribution in [1.29, 1.82) is 0 Å². The third-order valence-electron chi connectivity index (χ3n) is 8.08. The molecule has 2 heteroatoms. The lowest BCUT2D eigenvalue weighted by Crippen LogP contribution is -2.25. The van der Waals surface area contributed by atoms with Crippen molar-refractivity contribution in [2.45, 2.75) is 62.7 Å². The van der Waals surface area contributed by atoms with E-state index >= 15 is 4.57 Å². The first kappa shape index (κ1) is 20.3. The Morgan fingerprint density at radius 3 is 1.75 bits per heavy atom. The molecule has 0 unspecified atom stereocenters. The fourth-order valence-electron chi connectivity index (χ4n) is 6.54. The molecule has 0 spiro atoms. The molecule has 0 aromatic heterocycles. The van der Waals surface area contributed by atoms with Gasteiger partial charge in [0, 0.05) is 22.2 Å². The summed E-state index contributed by atoms with van der Waals surface area (Å²) in [5, 5.41) is 6.17. The van der Waals surface area contributed by atoms with Crippen molar-refractivity contribution in [1.82, 2.24) is 0 Å². The Morgan fingerprint density at radius 2 is 1.09 bits per heavy atom. The van der Waals surface area contributed by atoms with E-state index in [4.69, 9.17) is 0 Å². The molecule has 2 aliphatic rings. The summed E-state index contributed by atoms with van der Waals surface area (Å²) in [7, 11) is -2.55. The highest BCUT2D eigenvalue weighted by Gasteiger charge is 2.45. The molecular weight excluding hydrogens is 407 g/mol. The first-order chi connectivity index (χ1) is 15.8. The standard InChI is InChI=1S/C30H31OP/c31-32(24-13-3-4-14-24,25-15-5-6-16-25)29-21-20-23-11-2-8-18-27(23)30(29)28-19-9-12-22-10-1-7-17-26(22)28/h1-2,7-12,17-21,24-25H,3-6,13-16H2. The Morgan fingerprint density at radius 1 is 0.562 bits per heavy atom. The minimum Gasteiger partial charge on any atom is -0.318 e. The van der Waals surface area contributed by atoms with Gasteiger partial charge in [-0.1, -0.05) is 105 Å². The fourth-order valence-corrected chi connectivity index (χ4v) is 11.1. The van der Waals surface area contributed by atoms with Crippen LogP contribution in [0, 0.1) is 0 Å². The van der Waals surface area contributed by atoms with Crippen LogP contribution in [-0.2, 0) is 4.57 Å². The van der Waals surface area contributed by atoms with Gasteiger partial charge in [-0.2, -0.15) is 0 Å². The highest BCUT2D eigenvalue weighted by molar-refractivity contribution is 7.73. The van der Waals surface area contributed by atoms with Crippen LogP contribution in [-0.4, -0.2) is 11.3 Å². The van der Waals surface area contributed by atoms with Crippen LogP contribution in [0.15, 0.2) is 78.9 Å². The van der Waals surface area contributed by atoms with Gasteiger partial charge in [0.2, 0.25) is 0 Å². The zero-order chi connectivity index (χ0) is 21.5. The second-order valence-electron chi connectivity index (χ2n) is 9.79. The maximum Gasteiger partial charge on any atom is 0.122 e. The van der Waals surface area contributed by atoms with Crippen molar-refractivity contribution >= 4 is 34.0 Å². The molecule has 0 atom stereocenters. The van der Waals surface area contributed by atoms with Gasteiger partial charge < -0.3 is 4.57 Å². The zero-order valence-corrected chi connectivity index (χ0v) is 19.6. The number of fused-ring (bicyclic) bond motifs is 2. The van der Waals surface area contributed by atoms with E-state index in [1.54, 1.807) is 0 Å². The molecule has 1 nitrogen and oxygen atoms in total. The van der Waals surface area contributed by atoms with E-state index in [9.17, 15) is 0 Å². The third-order valence-corrected chi connectivity index (χ3v) is 12.4. The topological polar surface area (TPSA) is 17.1 Å². The van der Waals surface area contributed by atoms with Gasteiger partial charge in [0.1, 0.15) is 7.14 Å². The molecule has 0 N–H and O–H groups in total. The smallest absolute Gasteiger partial charge is 0.122 e. The molecule has 0 aliphatic heterocycles. The monoisotopic (exact) mass is 438 g/mol. The predicted molar refractivity (Wildman–Crippen MR) is 139 cm³/mol. The minimum atomic E-state index is -2.55. The average molecular weight is 439 g/mol. The van der Waals surface area contributed by atoms with Crippen molar-refractivity contribution in [2.75, 3.05) is 0 Å². The lowest BCUT2D eigenvalue weighted by molar-refractivity contribution is 0.558. The van der Waals surface area contributed by atoms with Crippen LogP contribution in [0.3, 0.4) is 0 Å². The Balaban J connectivity index is 1.70. The first-order valence-corrected chi connectivity index (χ1v) is 14.2. The average Bonchev–Trinajstić information content (AvgIpc) is 3.58. The minimum absolute atomic E-state index is 0.362. The molecule has 32 heavy (non-hydrogen) atoms. The Labute approximate surface area is 191 Å². The lowest BCUT2D eigenvalue weighted by atomic mass is 9.94. The molecule has 6 rings (SSSR count). The van der Waals surface area contributed by atoms with Gasteiger partial charge in [-0.25, -0.2) is 0 Å². The second kappa shape index (κ2) is 8.20. The summed E-state index contributed by atoms with van der Waals surface area (Å²) in [5.41, 5.74) is 3.20. The highest BCUT2D eigenvalue weighted by Crippen LogP contribution is 2.64. The van der Waals surface area contributed by atoms with Gasteiger partial charge in [-0.05, 0) is 52.8 Å². The zero-order valence-electron chi connectivity index (χ0n) is 18.7. The van der Waals surface area contributed by atoms with Crippen molar-refractivity contribution in [3.8, 4) is 11.1 Å². The van der Waals surface area contributed by atoms with E-state index in [1.807, 2.05) is 0 Å². The first-order valence-electron chi connectivity index (χ1n) is 12.4. The molecule has 162 valence electrons. The van der Waals surface area contributed by atoms with Crippen LogP contribution in [0.4, 0.5) is 0 Å². The van der Waals surface area contributed by atoms with E-state index < -0.39 is 7.14 Å². The molecule has 2 fully saturated rings. The van der Waals surface area contributed by atoms with Gasteiger partial charge in [0.25, 0.3) is 0 Å². The van der Waals surface area contributed by atoms with Crippen LogP contribution in [0.25, 0.3) is 32.7 Å². The van der Waals surface area contributed by atoms with Crippen LogP contribution >= 0.6 is 7.14 Å². The van der Waals surface area contributed by atoms with Crippen LogP contribution in [0.2, 0.25) is 0 Å². The predicted octanol–water partition coefficient (Wildman–Crippen LogP) is 8.53. The van der Waals surface area contributed by atoms with E-state index in [0.29, 0.717) is 11.3 Å². The summed E-state index contributed by atoms with van der Waals surface area (Å²) in [5.74, 6) is 0. The maximum atomic E-state index is 15.4. The largest absolute Gasteiger partial charge is 0.318 e. The van der Waals surface area contributed by atoms with Gasteiger partial charge in [0.05, 0.1) is 0 Å². The third kappa shape index (κ3) is 3.17. The molecule has 0 bridgehead atoms. The quantitative estimate of drug-likeness (QED) is 0.292. The van der Waals surface area contributed by atoms with Crippen molar-refractivity contribution in [3.05, 3.63) is 78.9 Å². The molecule has 0 heterocycles. The Kier molecular flexibility index (Phi) is 5.19. The van der Waals surface area contributed by atoms with E-state index in [0.717, 1.165) is 25.7 Å². The van der Waals surface area contributed by atoms with Crippen molar-refractivity contribution in [3.63, 3.8) is 0 Å². The van der Waals surface area contributed by atoms with Gasteiger partial charge in [-0.3, -0.25) is 0 Å². The van der Waals surface area contributed by atoms with Crippen LogP contribution in [0.1, 0.15) is 51.4 Å². The van der Waals surface area contributed by atoms with Gasteiger partial charge in [0.15, 0.2) is 0 Å². The maximum absolute atomic E-state index is 15.4. The summed E-state index contributed by atoms with van der Waals surface area (Å²) in [6, 6.07) is 28.4. The highest BCUT2D eigenvalue weighted by atomic mass is 31.2. The van der Waals surface area contributed by atoms with Gasteiger partial charge in [-0.15, -0.1) is 0 Å². The molecule has 4 aromatic rings. The Hall–Kier alpha value is -2.37. The number of hydrogen-bond acceptors (Lipinski definition) is 1. The normalized spacial score (nSPS) is 18.1. The fraction of sp³-hybridized carbons (Fsp3) is 0.333. The van der Waals surface area contributed by atoms with Gasteiger partial charge >= 0.3 is 0 Å². The molecule has 0 amide bonds. The lowest BCUT2D eigenvalue weighted by Gasteiger charge is -2.33. The summed E-state index contributed by atoms with van der Waals surface area (Å²) in [6.07, 6.45) is 9.48. The molecular formula is C30H31OP. The summed E-state index contributed by atoms with van der Waals surface area (Å²) in [4.78, 5) is 0. The molecule has 2 saturated carbocycles.